The van der Waals surface area contributed by atoms with Crippen molar-refractivity contribution in [2.24, 2.45) is 5.92 Å². The Morgan fingerprint density at radius 3 is 2.85 bits per heavy atom. The van der Waals surface area contributed by atoms with Gasteiger partial charge in [-0.15, -0.1) is 0 Å². The minimum atomic E-state index is 0.132. The number of pyridine rings is 1. The summed E-state index contributed by atoms with van der Waals surface area (Å²) in [4.78, 5) is 23.0. The number of carbonyl (C=O) groups is 1. The van der Waals surface area contributed by atoms with Crippen LogP contribution in [-0.2, 0) is 30.7 Å². The fraction of sp³-hybridized carbons (Fsp3) is 0.400. The molecule has 0 radical (unpaired) electrons. The summed E-state index contributed by atoms with van der Waals surface area (Å²) in [6.45, 7) is 2.27. The van der Waals surface area contributed by atoms with Crippen molar-refractivity contribution in [2.75, 3.05) is 6.54 Å². The summed E-state index contributed by atoms with van der Waals surface area (Å²) in [5.74, 6) is 0.874. The Morgan fingerprint density at radius 1 is 1.26 bits per heavy atom. The highest BCUT2D eigenvalue weighted by atomic mass is 16.3. The Hall–Kier alpha value is -2.96. The Balaban J connectivity index is 1.42. The van der Waals surface area contributed by atoms with E-state index in [4.69, 9.17) is 9.52 Å². The lowest BCUT2D eigenvalue weighted by Crippen LogP contribution is -2.37. The number of amides is 1. The van der Waals surface area contributed by atoms with Crippen LogP contribution in [0.4, 0.5) is 0 Å². The van der Waals surface area contributed by atoms with Crippen LogP contribution >= 0.6 is 0 Å². The molecule has 3 aromatic heterocycles. The Kier molecular flexibility index (Phi) is 3.99. The third-order valence-electron chi connectivity index (χ3n) is 5.39. The summed E-state index contributed by atoms with van der Waals surface area (Å²) in [7, 11) is 0. The molecule has 0 N–H and O–H groups in total. The van der Waals surface area contributed by atoms with Gasteiger partial charge in [0.1, 0.15) is 17.7 Å². The minimum Gasteiger partial charge on any atom is -0.451 e. The highest BCUT2D eigenvalue weighted by molar-refractivity contribution is 5.79. The van der Waals surface area contributed by atoms with Crippen molar-refractivity contribution < 1.29 is 9.21 Å². The molecule has 27 heavy (non-hydrogen) atoms. The number of fused-ring (bicyclic) bond motifs is 1. The summed E-state index contributed by atoms with van der Waals surface area (Å²) in [6.07, 6.45) is 10.3. The largest absolute Gasteiger partial charge is 0.451 e. The van der Waals surface area contributed by atoms with Crippen LogP contribution in [0.25, 0.3) is 11.4 Å². The van der Waals surface area contributed by atoms with Crippen LogP contribution in [0.2, 0.25) is 0 Å². The van der Waals surface area contributed by atoms with Crippen molar-refractivity contribution in [3.8, 4) is 11.4 Å². The zero-order valence-corrected chi connectivity index (χ0v) is 15.0. The minimum absolute atomic E-state index is 0.132. The van der Waals surface area contributed by atoms with Crippen LogP contribution < -0.4 is 0 Å². The van der Waals surface area contributed by atoms with Gasteiger partial charge in [0.05, 0.1) is 6.42 Å². The summed E-state index contributed by atoms with van der Waals surface area (Å²) in [5, 5.41) is 4.84. The molecule has 1 aliphatic carbocycles. The summed E-state index contributed by atoms with van der Waals surface area (Å²) in [6, 6.07) is 3.78. The van der Waals surface area contributed by atoms with Gasteiger partial charge >= 0.3 is 0 Å². The zero-order valence-electron chi connectivity index (χ0n) is 15.0. The molecule has 5 rings (SSSR count). The molecule has 0 saturated heterocycles. The highest BCUT2D eigenvalue weighted by Crippen LogP contribution is 2.34. The van der Waals surface area contributed by atoms with Crippen LogP contribution in [0, 0.1) is 5.92 Å². The van der Waals surface area contributed by atoms with Gasteiger partial charge in [-0.05, 0) is 36.5 Å². The Bertz CT molecular complexity index is 944. The third-order valence-corrected chi connectivity index (χ3v) is 5.39. The van der Waals surface area contributed by atoms with Crippen LogP contribution in [0.5, 0.6) is 0 Å². The van der Waals surface area contributed by atoms with Crippen LogP contribution in [0.1, 0.15) is 29.7 Å². The van der Waals surface area contributed by atoms with E-state index < -0.39 is 0 Å². The first-order valence-electron chi connectivity index (χ1n) is 9.41. The molecule has 138 valence electrons. The number of aromatic nitrogens is 4. The molecule has 7 nitrogen and oxygen atoms in total. The number of oxazole rings is 1. The van der Waals surface area contributed by atoms with E-state index in [0.29, 0.717) is 13.0 Å². The average molecular weight is 363 g/mol. The average Bonchev–Trinajstić information content (AvgIpc) is 3.21. The van der Waals surface area contributed by atoms with Gasteiger partial charge in [-0.2, -0.15) is 5.10 Å². The maximum absolute atomic E-state index is 12.8. The van der Waals surface area contributed by atoms with Gasteiger partial charge in [-0.3, -0.25) is 14.5 Å². The summed E-state index contributed by atoms with van der Waals surface area (Å²) >= 11 is 0. The normalized spacial score (nSPS) is 16.4. The lowest BCUT2D eigenvalue weighted by molar-refractivity contribution is -0.131. The van der Waals surface area contributed by atoms with E-state index in [2.05, 4.69) is 14.6 Å². The van der Waals surface area contributed by atoms with Gasteiger partial charge in [0, 0.05) is 49.7 Å². The SMILES string of the molecule is O=C(Cc1ccncc1)N1CCc2c(c(-c3cocn3)nn2CC2CC2)C1. The number of rotatable bonds is 5. The molecule has 1 aliphatic heterocycles. The first-order chi connectivity index (χ1) is 13.3. The highest BCUT2D eigenvalue weighted by Gasteiger charge is 2.31. The van der Waals surface area contributed by atoms with E-state index in [9.17, 15) is 4.79 Å². The molecule has 0 spiro atoms. The molecule has 3 aromatic rings. The first-order valence-corrected chi connectivity index (χ1v) is 9.41. The molecule has 2 aliphatic rings. The fourth-order valence-corrected chi connectivity index (χ4v) is 3.72. The van der Waals surface area contributed by atoms with Gasteiger partial charge in [-0.1, -0.05) is 0 Å². The second kappa shape index (κ2) is 6.64. The summed E-state index contributed by atoms with van der Waals surface area (Å²) in [5.41, 5.74) is 4.93. The monoisotopic (exact) mass is 363 g/mol. The zero-order chi connectivity index (χ0) is 18.2. The molecule has 1 amide bonds. The van der Waals surface area contributed by atoms with E-state index in [0.717, 1.165) is 47.9 Å². The number of carbonyl (C=O) groups excluding carboxylic acids is 1. The topological polar surface area (TPSA) is 77.1 Å². The van der Waals surface area contributed by atoms with E-state index in [1.54, 1.807) is 18.7 Å². The second-order valence-electron chi connectivity index (χ2n) is 7.37. The number of hydrogen-bond acceptors (Lipinski definition) is 5. The number of nitrogens with zero attached hydrogens (tertiary/aromatic N) is 5. The van der Waals surface area contributed by atoms with E-state index in [-0.39, 0.29) is 5.91 Å². The second-order valence-corrected chi connectivity index (χ2v) is 7.37. The van der Waals surface area contributed by atoms with Gasteiger partial charge in [0.15, 0.2) is 6.39 Å². The molecule has 0 bridgehead atoms. The molecule has 0 unspecified atom stereocenters. The maximum Gasteiger partial charge on any atom is 0.227 e. The molecule has 1 fully saturated rings. The number of hydrogen-bond donors (Lipinski definition) is 0. The Morgan fingerprint density at radius 2 is 2.11 bits per heavy atom. The lowest BCUT2D eigenvalue weighted by atomic mass is 10.0. The van der Waals surface area contributed by atoms with Crippen molar-refractivity contribution >= 4 is 5.91 Å². The maximum atomic E-state index is 12.8. The molecular formula is C20H21N5O2. The molecule has 0 atom stereocenters. The quantitative estimate of drug-likeness (QED) is 0.696. The molecule has 1 saturated carbocycles. The van der Waals surface area contributed by atoms with Crippen molar-refractivity contribution in [3.05, 3.63) is 54.0 Å². The first kappa shape index (κ1) is 16.2. The van der Waals surface area contributed by atoms with E-state index in [1.807, 2.05) is 17.0 Å². The van der Waals surface area contributed by atoms with Gasteiger partial charge in [0.2, 0.25) is 5.91 Å². The molecule has 4 heterocycles. The van der Waals surface area contributed by atoms with Crippen molar-refractivity contribution in [1.82, 2.24) is 24.6 Å². The standard InChI is InChI=1S/C20H21N5O2/c26-19(9-14-3-6-21-7-4-14)24-8-5-18-16(11-24)20(17-12-27-13-22-17)23-25(18)10-15-1-2-15/h3-4,6-7,12-13,15H,1-2,5,8-11H2. The molecule has 0 aromatic carbocycles. The van der Waals surface area contributed by atoms with Crippen molar-refractivity contribution in [2.45, 2.75) is 38.8 Å². The van der Waals surface area contributed by atoms with E-state index >= 15 is 0 Å². The van der Waals surface area contributed by atoms with Gasteiger partial charge in [-0.25, -0.2) is 4.98 Å². The lowest BCUT2D eigenvalue weighted by Gasteiger charge is -2.28. The smallest absolute Gasteiger partial charge is 0.227 e. The van der Waals surface area contributed by atoms with Crippen molar-refractivity contribution in [1.29, 1.82) is 0 Å². The molecular weight excluding hydrogens is 342 g/mol. The molecule has 7 heteroatoms. The van der Waals surface area contributed by atoms with Gasteiger partial charge in [0.25, 0.3) is 0 Å². The fourth-order valence-electron chi connectivity index (χ4n) is 3.72. The van der Waals surface area contributed by atoms with E-state index in [1.165, 1.54) is 24.9 Å². The van der Waals surface area contributed by atoms with Crippen LogP contribution in [-0.4, -0.2) is 37.1 Å². The van der Waals surface area contributed by atoms with Crippen molar-refractivity contribution in [3.63, 3.8) is 0 Å². The predicted molar refractivity (Wildman–Crippen MR) is 97.5 cm³/mol. The third kappa shape index (κ3) is 3.25. The van der Waals surface area contributed by atoms with Crippen LogP contribution in [0.3, 0.4) is 0 Å². The predicted octanol–water partition coefficient (Wildman–Crippen LogP) is 2.47. The van der Waals surface area contributed by atoms with Crippen LogP contribution in [0.15, 0.2) is 41.6 Å². The van der Waals surface area contributed by atoms with Gasteiger partial charge < -0.3 is 9.32 Å². The Labute approximate surface area is 157 Å². The summed E-state index contributed by atoms with van der Waals surface area (Å²) < 4.78 is 7.31.